The molecule has 0 atom stereocenters. The molecule has 0 aliphatic carbocycles. The molecular weight excluding hydrogens is 304 g/mol. The Hall–Kier alpha value is -2.08. The van der Waals surface area contributed by atoms with Crippen LogP contribution in [0.25, 0.3) is 0 Å². The molecule has 0 fully saturated rings. The molecule has 0 aromatic heterocycles. The predicted molar refractivity (Wildman–Crippen MR) is 97.1 cm³/mol. The van der Waals surface area contributed by atoms with Crippen molar-refractivity contribution >= 4 is 23.2 Å². The van der Waals surface area contributed by atoms with E-state index < -0.39 is 5.41 Å². The summed E-state index contributed by atoms with van der Waals surface area (Å²) in [6, 6.07) is 5.96. The van der Waals surface area contributed by atoms with E-state index >= 15 is 0 Å². The van der Waals surface area contributed by atoms with Crippen molar-refractivity contribution in [3.63, 3.8) is 0 Å². The minimum Gasteiger partial charge on any atom is -0.373 e. The molecule has 132 valence electrons. The second kappa shape index (κ2) is 7.21. The Bertz CT molecular complexity index is 622. The van der Waals surface area contributed by atoms with Crippen LogP contribution in [0.5, 0.6) is 0 Å². The number of benzene rings is 1. The molecule has 2 amide bonds. The van der Waals surface area contributed by atoms with Gasteiger partial charge in [-0.25, -0.2) is 0 Å². The number of anilines is 2. The molecule has 0 spiro atoms. The Morgan fingerprint density at radius 3 is 2.54 bits per heavy atom. The van der Waals surface area contributed by atoms with Crippen molar-refractivity contribution in [1.82, 2.24) is 10.2 Å². The number of rotatable bonds is 3. The molecule has 24 heavy (non-hydrogen) atoms. The van der Waals surface area contributed by atoms with E-state index in [-0.39, 0.29) is 18.4 Å². The predicted octanol–water partition coefficient (Wildman–Crippen LogP) is 1.67. The van der Waals surface area contributed by atoms with Crippen LogP contribution in [0.15, 0.2) is 18.2 Å². The number of hydrogen-bond donors (Lipinski definition) is 2. The summed E-state index contributed by atoms with van der Waals surface area (Å²) < 4.78 is 0. The third kappa shape index (κ3) is 4.71. The van der Waals surface area contributed by atoms with E-state index in [0.29, 0.717) is 0 Å². The molecule has 0 bridgehead atoms. The summed E-state index contributed by atoms with van der Waals surface area (Å²) >= 11 is 0. The highest BCUT2D eigenvalue weighted by molar-refractivity contribution is 5.95. The number of carbonyl (C=O) groups excluding carboxylic acids is 2. The van der Waals surface area contributed by atoms with Gasteiger partial charge in [-0.15, -0.1) is 0 Å². The first-order valence-electron chi connectivity index (χ1n) is 8.27. The highest BCUT2D eigenvalue weighted by Crippen LogP contribution is 2.27. The molecule has 1 aromatic rings. The quantitative estimate of drug-likeness (QED) is 0.884. The van der Waals surface area contributed by atoms with Crippen molar-refractivity contribution in [2.45, 2.75) is 27.3 Å². The highest BCUT2D eigenvalue weighted by Gasteiger charge is 2.21. The number of nitrogens with zero attached hydrogens (tertiary/aromatic N) is 2. The maximum Gasteiger partial charge on any atom is 0.243 e. The summed E-state index contributed by atoms with van der Waals surface area (Å²) in [5.74, 6) is -0.358. The summed E-state index contributed by atoms with van der Waals surface area (Å²) in [5.41, 5.74) is 2.63. The lowest BCUT2D eigenvalue weighted by Crippen LogP contribution is -2.39. The molecule has 0 unspecified atom stereocenters. The molecule has 2 rings (SSSR count). The number of hydrogen-bond acceptors (Lipinski definition) is 4. The SMILES string of the molecule is CN1CCN(C)c2cc(NC(=O)CNC(=O)C(C)(C)C)ccc2C1. The summed E-state index contributed by atoms with van der Waals surface area (Å²) in [6.07, 6.45) is 0. The van der Waals surface area contributed by atoms with E-state index in [1.807, 2.05) is 32.9 Å². The fourth-order valence-corrected chi connectivity index (χ4v) is 2.57. The molecule has 2 N–H and O–H groups in total. The van der Waals surface area contributed by atoms with Crippen molar-refractivity contribution in [1.29, 1.82) is 0 Å². The second-order valence-corrected chi connectivity index (χ2v) is 7.48. The number of likely N-dealkylation sites (N-methyl/N-ethyl adjacent to an activating group) is 2. The van der Waals surface area contributed by atoms with Crippen LogP contribution in [0, 0.1) is 5.41 Å². The van der Waals surface area contributed by atoms with Crippen LogP contribution in [0.2, 0.25) is 0 Å². The van der Waals surface area contributed by atoms with E-state index in [9.17, 15) is 9.59 Å². The lowest BCUT2D eigenvalue weighted by Gasteiger charge is -2.20. The summed E-state index contributed by atoms with van der Waals surface area (Å²) in [6.45, 7) is 8.29. The lowest BCUT2D eigenvalue weighted by atomic mass is 9.96. The van der Waals surface area contributed by atoms with E-state index in [2.05, 4.69) is 40.6 Å². The molecule has 1 aliphatic rings. The van der Waals surface area contributed by atoms with E-state index in [0.717, 1.165) is 31.0 Å². The molecule has 1 aliphatic heterocycles. The summed E-state index contributed by atoms with van der Waals surface area (Å²) in [4.78, 5) is 28.4. The van der Waals surface area contributed by atoms with E-state index in [4.69, 9.17) is 0 Å². The average Bonchev–Trinajstić information content (AvgIpc) is 2.63. The Balaban J connectivity index is 2.01. The van der Waals surface area contributed by atoms with Gasteiger partial charge in [0.25, 0.3) is 0 Å². The van der Waals surface area contributed by atoms with Crippen LogP contribution in [-0.2, 0) is 16.1 Å². The van der Waals surface area contributed by atoms with Crippen molar-refractivity contribution in [2.24, 2.45) is 5.41 Å². The first-order chi connectivity index (χ1) is 11.2. The summed E-state index contributed by atoms with van der Waals surface area (Å²) in [7, 11) is 4.17. The van der Waals surface area contributed by atoms with Gasteiger partial charge >= 0.3 is 0 Å². The topological polar surface area (TPSA) is 64.7 Å². The van der Waals surface area contributed by atoms with E-state index in [1.165, 1.54) is 5.56 Å². The zero-order valence-electron chi connectivity index (χ0n) is 15.3. The molecule has 6 nitrogen and oxygen atoms in total. The van der Waals surface area contributed by atoms with Crippen LogP contribution < -0.4 is 15.5 Å². The maximum absolute atomic E-state index is 12.1. The molecule has 1 aromatic carbocycles. The average molecular weight is 332 g/mol. The molecule has 0 saturated heterocycles. The second-order valence-electron chi connectivity index (χ2n) is 7.48. The first-order valence-corrected chi connectivity index (χ1v) is 8.27. The van der Waals surface area contributed by atoms with Gasteiger partial charge in [0.1, 0.15) is 0 Å². The number of carbonyl (C=O) groups is 2. The third-order valence-electron chi connectivity index (χ3n) is 4.13. The van der Waals surface area contributed by atoms with Gasteiger partial charge in [-0.2, -0.15) is 0 Å². The maximum atomic E-state index is 12.1. The van der Waals surface area contributed by atoms with Gasteiger partial charge < -0.3 is 20.4 Å². The van der Waals surface area contributed by atoms with Gasteiger partial charge in [0.15, 0.2) is 0 Å². The molecule has 0 saturated carbocycles. The zero-order chi connectivity index (χ0) is 17.9. The first kappa shape index (κ1) is 18.3. The van der Waals surface area contributed by atoms with Crippen LogP contribution in [0.4, 0.5) is 11.4 Å². The van der Waals surface area contributed by atoms with Crippen molar-refractivity contribution < 1.29 is 9.59 Å². The van der Waals surface area contributed by atoms with Gasteiger partial charge in [0.05, 0.1) is 6.54 Å². The molecule has 0 radical (unpaired) electrons. The Morgan fingerprint density at radius 2 is 1.88 bits per heavy atom. The summed E-state index contributed by atoms with van der Waals surface area (Å²) in [5, 5.41) is 5.52. The minimum absolute atomic E-state index is 0.0221. The van der Waals surface area contributed by atoms with Gasteiger partial charge in [-0.1, -0.05) is 26.8 Å². The molecule has 6 heteroatoms. The minimum atomic E-state index is -0.501. The lowest BCUT2D eigenvalue weighted by molar-refractivity contribution is -0.130. The largest absolute Gasteiger partial charge is 0.373 e. The normalized spacial score (nSPS) is 15.5. The Morgan fingerprint density at radius 1 is 1.17 bits per heavy atom. The van der Waals surface area contributed by atoms with Gasteiger partial charge in [0, 0.05) is 43.5 Å². The monoisotopic (exact) mass is 332 g/mol. The number of fused-ring (bicyclic) bond motifs is 1. The molecular formula is C18H28N4O2. The fraction of sp³-hybridized carbons (Fsp3) is 0.556. The van der Waals surface area contributed by atoms with Gasteiger partial charge in [-0.05, 0) is 24.7 Å². The van der Waals surface area contributed by atoms with Crippen LogP contribution in [-0.4, -0.2) is 50.4 Å². The number of amides is 2. The zero-order valence-corrected chi connectivity index (χ0v) is 15.3. The standard InChI is InChI=1S/C18H28N4O2/c1-18(2,3)17(24)19-11-16(23)20-14-7-6-13-12-21(4)8-9-22(5)15(13)10-14/h6-7,10H,8-9,11-12H2,1-5H3,(H,19,24)(H,20,23). The van der Waals surface area contributed by atoms with Crippen LogP contribution in [0.1, 0.15) is 26.3 Å². The van der Waals surface area contributed by atoms with Gasteiger partial charge in [-0.3, -0.25) is 9.59 Å². The Labute approximate surface area is 144 Å². The van der Waals surface area contributed by atoms with E-state index in [1.54, 1.807) is 0 Å². The van der Waals surface area contributed by atoms with Crippen molar-refractivity contribution in [3.8, 4) is 0 Å². The highest BCUT2D eigenvalue weighted by atomic mass is 16.2. The third-order valence-corrected chi connectivity index (χ3v) is 4.13. The van der Waals surface area contributed by atoms with Crippen LogP contribution >= 0.6 is 0 Å². The van der Waals surface area contributed by atoms with Crippen LogP contribution in [0.3, 0.4) is 0 Å². The van der Waals surface area contributed by atoms with Gasteiger partial charge in [0.2, 0.25) is 11.8 Å². The smallest absolute Gasteiger partial charge is 0.243 e. The van der Waals surface area contributed by atoms with Crippen molar-refractivity contribution in [3.05, 3.63) is 23.8 Å². The number of nitrogens with one attached hydrogen (secondary N) is 2. The van der Waals surface area contributed by atoms with Crippen molar-refractivity contribution in [2.75, 3.05) is 43.9 Å². The molecule has 1 heterocycles. The Kier molecular flexibility index (Phi) is 5.49. The fourth-order valence-electron chi connectivity index (χ4n) is 2.57.